The first kappa shape index (κ1) is 21.6. The molecule has 0 aromatic heterocycles. The first-order chi connectivity index (χ1) is 14.2. The summed E-state index contributed by atoms with van der Waals surface area (Å²) in [6.07, 6.45) is 11.6. The molecule has 2 saturated heterocycles. The third kappa shape index (κ3) is 7.32. The van der Waals surface area contributed by atoms with Crippen LogP contribution in [0.3, 0.4) is 0 Å². The minimum Gasteiger partial charge on any atom is -0.353 e. The molecule has 5 heteroatoms. The van der Waals surface area contributed by atoms with E-state index in [9.17, 15) is 9.59 Å². The normalized spacial score (nSPS) is 20.7. The van der Waals surface area contributed by atoms with Crippen molar-refractivity contribution in [2.75, 3.05) is 32.7 Å². The van der Waals surface area contributed by atoms with Crippen molar-refractivity contribution >= 4 is 11.8 Å². The van der Waals surface area contributed by atoms with E-state index >= 15 is 0 Å². The quantitative estimate of drug-likeness (QED) is 0.522. The molecule has 1 unspecified atom stereocenters. The molecule has 2 aliphatic rings. The van der Waals surface area contributed by atoms with Crippen LogP contribution in [-0.4, -0.2) is 49.4 Å². The minimum absolute atomic E-state index is 0.0308. The van der Waals surface area contributed by atoms with Gasteiger partial charge in [0.25, 0.3) is 5.91 Å². The molecule has 0 saturated carbocycles. The van der Waals surface area contributed by atoms with E-state index in [2.05, 4.69) is 10.6 Å². The predicted molar refractivity (Wildman–Crippen MR) is 117 cm³/mol. The third-order valence-corrected chi connectivity index (χ3v) is 6.12. The van der Waals surface area contributed by atoms with Gasteiger partial charge in [-0.3, -0.25) is 9.59 Å². The van der Waals surface area contributed by atoms with E-state index in [1.165, 1.54) is 19.3 Å². The van der Waals surface area contributed by atoms with Crippen LogP contribution in [0.15, 0.2) is 42.5 Å². The number of carbonyl (C=O) groups excluding carboxylic acids is 2. The second kappa shape index (κ2) is 11.8. The molecule has 3 rings (SSSR count). The van der Waals surface area contributed by atoms with Crippen LogP contribution in [-0.2, 0) is 4.79 Å². The average Bonchev–Trinajstić information content (AvgIpc) is 2.79. The summed E-state index contributed by atoms with van der Waals surface area (Å²) in [4.78, 5) is 26.4. The number of nitrogens with zero attached hydrogens (tertiary/aromatic N) is 1. The maximum Gasteiger partial charge on any atom is 0.253 e. The number of piperidine rings is 2. The van der Waals surface area contributed by atoms with Gasteiger partial charge in [-0.2, -0.15) is 0 Å². The molecular formula is C24H35N3O2. The monoisotopic (exact) mass is 397 g/mol. The molecule has 1 aromatic rings. The number of likely N-dealkylation sites (tertiary alicyclic amines) is 1. The second-order valence-electron chi connectivity index (χ2n) is 8.35. The number of rotatable bonds is 8. The third-order valence-electron chi connectivity index (χ3n) is 6.12. The minimum atomic E-state index is 0.0308. The maximum absolute atomic E-state index is 12.5. The zero-order valence-corrected chi connectivity index (χ0v) is 17.4. The molecule has 0 radical (unpaired) electrons. The Balaban J connectivity index is 1.24. The first-order valence-corrected chi connectivity index (χ1v) is 11.2. The largest absolute Gasteiger partial charge is 0.353 e. The highest BCUT2D eigenvalue weighted by Gasteiger charge is 2.23. The Labute approximate surface area is 174 Å². The topological polar surface area (TPSA) is 61.4 Å². The lowest BCUT2D eigenvalue weighted by atomic mass is 9.91. The molecule has 29 heavy (non-hydrogen) atoms. The van der Waals surface area contributed by atoms with Gasteiger partial charge in [0.15, 0.2) is 0 Å². The van der Waals surface area contributed by atoms with Crippen molar-refractivity contribution in [2.45, 2.75) is 44.9 Å². The Bertz CT molecular complexity index is 660. The second-order valence-corrected chi connectivity index (χ2v) is 8.35. The highest BCUT2D eigenvalue weighted by molar-refractivity contribution is 5.94. The Morgan fingerprint density at radius 1 is 1.10 bits per heavy atom. The van der Waals surface area contributed by atoms with E-state index in [1.54, 1.807) is 6.08 Å². The van der Waals surface area contributed by atoms with E-state index < -0.39 is 0 Å². The fraction of sp³-hybridized carbons (Fsp3) is 0.583. The number of hydrogen-bond donors (Lipinski definition) is 2. The summed E-state index contributed by atoms with van der Waals surface area (Å²) in [6.45, 7) is 4.54. The molecule has 2 heterocycles. The van der Waals surface area contributed by atoms with Gasteiger partial charge in [0.2, 0.25) is 5.91 Å². The van der Waals surface area contributed by atoms with E-state index in [0.29, 0.717) is 11.8 Å². The van der Waals surface area contributed by atoms with Crippen LogP contribution >= 0.6 is 0 Å². The maximum atomic E-state index is 12.5. The Hall–Kier alpha value is -2.14. The van der Waals surface area contributed by atoms with Crippen molar-refractivity contribution in [3.05, 3.63) is 48.0 Å². The van der Waals surface area contributed by atoms with Crippen LogP contribution in [0, 0.1) is 11.8 Å². The number of amides is 2. The smallest absolute Gasteiger partial charge is 0.253 e. The molecule has 0 spiro atoms. The first-order valence-electron chi connectivity index (χ1n) is 11.2. The van der Waals surface area contributed by atoms with Crippen molar-refractivity contribution in [3.8, 4) is 0 Å². The Morgan fingerprint density at radius 2 is 1.90 bits per heavy atom. The van der Waals surface area contributed by atoms with Gasteiger partial charge in [0.1, 0.15) is 0 Å². The number of carbonyl (C=O) groups is 2. The lowest BCUT2D eigenvalue weighted by Gasteiger charge is -2.32. The van der Waals surface area contributed by atoms with Crippen LogP contribution in [0.4, 0.5) is 0 Å². The van der Waals surface area contributed by atoms with E-state index in [1.807, 2.05) is 41.3 Å². The molecule has 2 fully saturated rings. The summed E-state index contributed by atoms with van der Waals surface area (Å²) >= 11 is 0. The van der Waals surface area contributed by atoms with Gasteiger partial charge < -0.3 is 15.5 Å². The lowest BCUT2D eigenvalue weighted by molar-refractivity contribution is -0.116. The molecule has 2 N–H and O–H groups in total. The SMILES string of the molecule is O=C(/C=C/C1CCCNC1)NCCCCC1CCN(C(=O)c2ccccc2)CC1. The highest BCUT2D eigenvalue weighted by Crippen LogP contribution is 2.23. The lowest BCUT2D eigenvalue weighted by Crippen LogP contribution is -2.38. The number of unbranched alkanes of at least 4 members (excludes halogenated alkanes) is 1. The van der Waals surface area contributed by atoms with Crippen LogP contribution < -0.4 is 10.6 Å². The number of nitrogens with one attached hydrogen (secondary N) is 2. The van der Waals surface area contributed by atoms with Crippen molar-refractivity contribution in [1.29, 1.82) is 0 Å². The summed E-state index contributed by atoms with van der Waals surface area (Å²) in [5, 5.41) is 6.36. The van der Waals surface area contributed by atoms with E-state index in [4.69, 9.17) is 0 Å². The van der Waals surface area contributed by atoms with Crippen LogP contribution in [0.5, 0.6) is 0 Å². The van der Waals surface area contributed by atoms with Gasteiger partial charge in [-0.05, 0) is 68.7 Å². The van der Waals surface area contributed by atoms with Gasteiger partial charge in [0, 0.05) is 31.7 Å². The van der Waals surface area contributed by atoms with Crippen molar-refractivity contribution in [3.63, 3.8) is 0 Å². The highest BCUT2D eigenvalue weighted by atomic mass is 16.2. The molecular weight excluding hydrogens is 362 g/mol. The van der Waals surface area contributed by atoms with Gasteiger partial charge in [-0.1, -0.05) is 37.1 Å². The molecule has 0 bridgehead atoms. The van der Waals surface area contributed by atoms with E-state index in [0.717, 1.165) is 64.0 Å². The number of benzene rings is 1. The van der Waals surface area contributed by atoms with Crippen LogP contribution in [0.25, 0.3) is 0 Å². The molecule has 158 valence electrons. The average molecular weight is 398 g/mol. The fourth-order valence-corrected chi connectivity index (χ4v) is 4.28. The molecule has 0 aliphatic carbocycles. The molecule has 1 atom stereocenters. The van der Waals surface area contributed by atoms with Crippen LogP contribution in [0.1, 0.15) is 55.3 Å². The number of hydrogen-bond acceptors (Lipinski definition) is 3. The van der Waals surface area contributed by atoms with Gasteiger partial charge in [0.05, 0.1) is 0 Å². The van der Waals surface area contributed by atoms with Crippen molar-refractivity contribution in [2.24, 2.45) is 11.8 Å². The standard InChI is InChI=1S/C24H35N3O2/c28-23(12-11-21-8-6-15-25-19-21)26-16-5-4-7-20-13-17-27(18-14-20)24(29)22-9-2-1-3-10-22/h1-3,9-12,20-21,25H,4-8,13-19H2,(H,26,28)/b12-11+. The van der Waals surface area contributed by atoms with Crippen LogP contribution in [0.2, 0.25) is 0 Å². The van der Waals surface area contributed by atoms with Crippen molar-refractivity contribution in [1.82, 2.24) is 15.5 Å². The summed E-state index contributed by atoms with van der Waals surface area (Å²) in [5.74, 6) is 1.38. The Morgan fingerprint density at radius 3 is 2.62 bits per heavy atom. The summed E-state index contributed by atoms with van der Waals surface area (Å²) in [6, 6.07) is 9.56. The van der Waals surface area contributed by atoms with Gasteiger partial charge in [-0.25, -0.2) is 0 Å². The zero-order chi connectivity index (χ0) is 20.3. The predicted octanol–water partition coefficient (Wildman–Crippen LogP) is 3.38. The molecule has 2 aliphatic heterocycles. The molecule has 5 nitrogen and oxygen atoms in total. The van der Waals surface area contributed by atoms with E-state index in [-0.39, 0.29) is 11.8 Å². The van der Waals surface area contributed by atoms with Gasteiger partial charge >= 0.3 is 0 Å². The summed E-state index contributed by atoms with van der Waals surface area (Å²) in [7, 11) is 0. The molecule has 2 amide bonds. The summed E-state index contributed by atoms with van der Waals surface area (Å²) in [5.41, 5.74) is 0.787. The Kier molecular flexibility index (Phi) is 8.75. The van der Waals surface area contributed by atoms with Gasteiger partial charge in [-0.15, -0.1) is 0 Å². The molecule has 1 aromatic carbocycles. The fourth-order valence-electron chi connectivity index (χ4n) is 4.28. The summed E-state index contributed by atoms with van der Waals surface area (Å²) < 4.78 is 0. The zero-order valence-electron chi connectivity index (χ0n) is 17.4. The van der Waals surface area contributed by atoms with Crippen molar-refractivity contribution < 1.29 is 9.59 Å².